The van der Waals surface area contributed by atoms with Crippen molar-refractivity contribution >= 4 is 17.5 Å². The molecule has 3 rings (SSSR count). The predicted octanol–water partition coefficient (Wildman–Crippen LogP) is 3.30. The van der Waals surface area contributed by atoms with E-state index in [9.17, 15) is 14.4 Å². The highest BCUT2D eigenvalue weighted by molar-refractivity contribution is 6.33. The molecule has 1 saturated heterocycles. The molecule has 1 aliphatic heterocycles. The number of epoxide rings is 1. The summed E-state index contributed by atoms with van der Waals surface area (Å²) in [7, 11) is 1.21. The van der Waals surface area contributed by atoms with Crippen LogP contribution in [0.5, 0.6) is 0 Å². The van der Waals surface area contributed by atoms with Gasteiger partial charge in [0.2, 0.25) is 5.78 Å². The molecule has 26 heavy (non-hydrogen) atoms. The zero-order valence-corrected chi connectivity index (χ0v) is 15.8. The molecule has 0 aromatic heterocycles. The maximum absolute atomic E-state index is 13.4. The molecule has 1 aliphatic carbocycles. The summed E-state index contributed by atoms with van der Waals surface area (Å²) in [5.74, 6) is -1.28. The predicted molar refractivity (Wildman–Crippen MR) is 96.3 cm³/mol. The van der Waals surface area contributed by atoms with E-state index in [1.807, 2.05) is 39.8 Å². The van der Waals surface area contributed by atoms with Gasteiger partial charge in [-0.25, -0.2) is 4.79 Å². The number of hydrogen-bond acceptors (Lipinski definition) is 5. The first-order valence-corrected chi connectivity index (χ1v) is 8.84. The molecule has 0 unspecified atom stereocenters. The summed E-state index contributed by atoms with van der Waals surface area (Å²) in [5.41, 5.74) is -0.948. The second-order valence-corrected chi connectivity index (χ2v) is 7.68. The Hall–Kier alpha value is -2.27. The molecule has 1 aromatic carbocycles. The molecule has 2 atom stereocenters. The van der Waals surface area contributed by atoms with Crippen molar-refractivity contribution in [2.75, 3.05) is 7.11 Å². The normalized spacial score (nSPS) is 26.2. The fraction of sp³-hybridized carbons (Fsp3) is 0.476. The summed E-state index contributed by atoms with van der Waals surface area (Å²) < 4.78 is 10.6. The number of methoxy groups -OCH3 is 1. The summed E-state index contributed by atoms with van der Waals surface area (Å²) in [5, 5.41) is 0. The van der Waals surface area contributed by atoms with Crippen molar-refractivity contribution in [2.45, 2.75) is 51.7 Å². The van der Waals surface area contributed by atoms with Gasteiger partial charge in [-0.1, -0.05) is 43.7 Å². The van der Waals surface area contributed by atoms with E-state index in [2.05, 4.69) is 0 Å². The third-order valence-corrected chi connectivity index (χ3v) is 5.06. The summed E-state index contributed by atoms with van der Waals surface area (Å²) in [4.78, 5) is 39.2. The lowest BCUT2D eigenvalue weighted by molar-refractivity contribution is -0.145. The van der Waals surface area contributed by atoms with Crippen LogP contribution in [0.3, 0.4) is 0 Å². The summed E-state index contributed by atoms with van der Waals surface area (Å²) in [6, 6.07) is 5.26. The van der Waals surface area contributed by atoms with Gasteiger partial charge in [0.25, 0.3) is 5.60 Å². The number of rotatable bonds is 5. The highest BCUT2D eigenvalue weighted by atomic mass is 16.7. The number of Topliss-reactive ketones (excluding diaryl/α,β-unsaturated/α-hetero) is 2. The van der Waals surface area contributed by atoms with Crippen LogP contribution in [-0.2, 0) is 20.7 Å². The van der Waals surface area contributed by atoms with Crippen LogP contribution in [0, 0.1) is 5.92 Å². The van der Waals surface area contributed by atoms with Gasteiger partial charge in [-0.05, 0) is 31.7 Å². The molecule has 1 fully saturated rings. The third kappa shape index (κ3) is 2.37. The fourth-order valence-corrected chi connectivity index (χ4v) is 3.80. The summed E-state index contributed by atoms with van der Waals surface area (Å²) in [6.45, 7) is 7.86. The average Bonchev–Trinajstić information content (AvgIpc) is 3.29. The number of benzene rings is 1. The molecular weight excluding hydrogens is 332 g/mol. The number of fused-ring (bicyclic) bond motifs is 2. The quantitative estimate of drug-likeness (QED) is 0.350. The number of esters is 1. The maximum atomic E-state index is 13.4. The minimum absolute atomic E-state index is 0.169. The van der Waals surface area contributed by atoms with Gasteiger partial charge >= 0.3 is 5.97 Å². The van der Waals surface area contributed by atoms with Gasteiger partial charge < -0.3 is 9.47 Å². The highest BCUT2D eigenvalue weighted by Crippen LogP contribution is 2.58. The van der Waals surface area contributed by atoms with Crippen molar-refractivity contribution in [3.05, 3.63) is 46.5 Å². The molecule has 5 nitrogen and oxygen atoms in total. The van der Waals surface area contributed by atoms with Gasteiger partial charge in [0.05, 0.1) is 7.11 Å². The van der Waals surface area contributed by atoms with Gasteiger partial charge in [-0.15, -0.1) is 0 Å². The van der Waals surface area contributed by atoms with Crippen LogP contribution in [0.1, 0.15) is 60.4 Å². The van der Waals surface area contributed by atoms with Crippen LogP contribution < -0.4 is 0 Å². The molecule has 0 spiro atoms. The number of carbonyl (C=O) groups excluding carboxylic acids is 3. The van der Waals surface area contributed by atoms with Gasteiger partial charge in [0.1, 0.15) is 0 Å². The second kappa shape index (κ2) is 6.16. The monoisotopic (exact) mass is 356 g/mol. The minimum Gasteiger partial charge on any atom is -0.466 e. The number of allylic oxidation sites excluding steroid dienone is 1. The average molecular weight is 356 g/mol. The van der Waals surface area contributed by atoms with Crippen LogP contribution in [0.15, 0.2) is 29.8 Å². The Balaban J connectivity index is 2.20. The van der Waals surface area contributed by atoms with Gasteiger partial charge in [-0.3, -0.25) is 9.59 Å². The largest absolute Gasteiger partial charge is 0.466 e. The number of hydrogen-bond donors (Lipinski definition) is 0. The Morgan fingerprint density at radius 1 is 1.23 bits per heavy atom. The minimum atomic E-state index is -1.86. The first-order chi connectivity index (χ1) is 12.2. The molecule has 1 aromatic rings. The summed E-state index contributed by atoms with van der Waals surface area (Å²) in [6.07, 6.45) is 2.63. The Kier molecular flexibility index (Phi) is 4.39. The standard InChI is InChI=1S/C21H24O5/c1-12(2)9-10-20-17(22)15-8-6-7-14(11-13(3)4)16(15)18(23)21(20,26-20)19(24)25-5/h6-9,13H,10-11H2,1-5H3/t20-,21-/m0/s1. The lowest BCUT2D eigenvalue weighted by Crippen LogP contribution is -2.50. The number of ketones is 2. The molecule has 2 aliphatic rings. The second-order valence-electron chi connectivity index (χ2n) is 7.68. The van der Waals surface area contributed by atoms with E-state index in [1.54, 1.807) is 12.1 Å². The lowest BCUT2D eigenvalue weighted by atomic mass is 9.70. The molecule has 0 saturated carbocycles. The van der Waals surface area contributed by atoms with Crippen LogP contribution >= 0.6 is 0 Å². The number of ether oxygens (including phenoxy) is 2. The number of carbonyl (C=O) groups is 3. The van der Waals surface area contributed by atoms with Crippen LogP contribution in [-0.4, -0.2) is 35.8 Å². The molecule has 5 heteroatoms. The van der Waals surface area contributed by atoms with Crippen LogP contribution in [0.4, 0.5) is 0 Å². The van der Waals surface area contributed by atoms with Crippen LogP contribution in [0.25, 0.3) is 0 Å². The van der Waals surface area contributed by atoms with Gasteiger partial charge in [-0.2, -0.15) is 0 Å². The fourth-order valence-electron chi connectivity index (χ4n) is 3.80. The topological polar surface area (TPSA) is 73.0 Å². The van der Waals surface area contributed by atoms with E-state index < -0.39 is 23.0 Å². The van der Waals surface area contributed by atoms with Crippen molar-refractivity contribution in [1.82, 2.24) is 0 Å². The van der Waals surface area contributed by atoms with E-state index in [0.29, 0.717) is 23.5 Å². The molecular formula is C21H24O5. The highest BCUT2D eigenvalue weighted by Gasteiger charge is 2.85. The first-order valence-electron chi connectivity index (χ1n) is 8.84. The Labute approximate surface area is 153 Å². The molecule has 0 radical (unpaired) electrons. The van der Waals surface area contributed by atoms with Gasteiger partial charge in [0.15, 0.2) is 11.4 Å². The Morgan fingerprint density at radius 3 is 2.50 bits per heavy atom. The molecule has 1 heterocycles. The Morgan fingerprint density at radius 2 is 1.92 bits per heavy atom. The maximum Gasteiger partial charge on any atom is 0.350 e. The SMILES string of the molecule is COC(=O)[C@]12O[C@@]1(CC=C(C)C)C(=O)c1cccc(CC(C)C)c1C2=O. The van der Waals surface area contributed by atoms with E-state index in [1.165, 1.54) is 7.11 Å². The zero-order valence-electron chi connectivity index (χ0n) is 15.8. The zero-order chi connectivity index (χ0) is 19.3. The van der Waals surface area contributed by atoms with E-state index >= 15 is 0 Å². The van der Waals surface area contributed by atoms with Crippen LogP contribution in [0.2, 0.25) is 0 Å². The van der Waals surface area contributed by atoms with Crippen molar-refractivity contribution in [1.29, 1.82) is 0 Å². The van der Waals surface area contributed by atoms with Crippen molar-refractivity contribution in [2.24, 2.45) is 5.92 Å². The van der Waals surface area contributed by atoms with E-state index in [-0.39, 0.29) is 12.2 Å². The molecule has 0 amide bonds. The van der Waals surface area contributed by atoms with Crippen molar-refractivity contribution in [3.63, 3.8) is 0 Å². The molecule has 0 N–H and O–H groups in total. The smallest absolute Gasteiger partial charge is 0.350 e. The van der Waals surface area contributed by atoms with Crippen molar-refractivity contribution in [3.8, 4) is 0 Å². The van der Waals surface area contributed by atoms with E-state index in [0.717, 1.165) is 11.1 Å². The molecule has 138 valence electrons. The lowest BCUT2D eigenvalue weighted by Gasteiger charge is -2.25. The van der Waals surface area contributed by atoms with Crippen molar-refractivity contribution < 1.29 is 23.9 Å². The van der Waals surface area contributed by atoms with Gasteiger partial charge in [0, 0.05) is 17.5 Å². The third-order valence-electron chi connectivity index (χ3n) is 5.06. The summed E-state index contributed by atoms with van der Waals surface area (Å²) >= 11 is 0. The molecule has 0 bridgehead atoms. The first kappa shape index (κ1) is 18.5. The van der Waals surface area contributed by atoms with E-state index in [4.69, 9.17) is 9.47 Å². The Bertz CT molecular complexity index is 831.